The second-order valence-corrected chi connectivity index (χ2v) is 5.53. The minimum atomic E-state index is -0.0990. The van der Waals surface area contributed by atoms with Gasteiger partial charge in [0.25, 0.3) is 0 Å². The molecule has 2 aliphatic rings. The predicted octanol–water partition coefficient (Wildman–Crippen LogP) is 2.32. The fourth-order valence-electron chi connectivity index (χ4n) is 3.34. The zero-order valence-corrected chi connectivity index (χ0v) is 11.2. The first kappa shape index (κ1) is 12.6. The summed E-state index contributed by atoms with van der Waals surface area (Å²) in [5.41, 5.74) is 6.86. The van der Waals surface area contributed by atoms with Crippen molar-refractivity contribution in [3.8, 4) is 17.2 Å². The highest BCUT2D eigenvalue weighted by atomic mass is 16.6. The molecule has 0 amide bonds. The van der Waals surface area contributed by atoms with E-state index in [1.807, 2.05) is 12.1 Å². The van der Waals surface area contributed by atoms with Gasteiger partial charge in [-0.05, 0) is 18.9 Å². The molecule has 0 spiro atoms. The highest BCUT2D eigenvalue weighted by Gasteiger charge is 2.36. The number of phenolic OH excluding ortho intramolecular Hbond substituents is 1. The molecule has 3 rings (SSSR count). The molecule has 0 aromatic heterocycles. The van der Waals surface area contributed by atoms with Gasteiger partial charge in [0.05, 0.1) is 0 Å². The Labute approximate surface area is 113 Å². The first-order valence-electron chi connectivity index (χ1n) is 7.09. The maximum Gasteiger partial charge on any atom is 0.203 e. The van der Waals surface area contributed by atoms with Crippen molar-refractivity contribution in [2.24, 2.45) is 5.73 Å². The number of phenols is 1. The van der Waals surface area contributed by atoms with Crippen molar-refractivity contribution in [2.45, 2.75) is 37.5 Å². The fraction of sp³-hybridized carbons (Fsp3) is 0.600. The lowest BCUT2D eigenvalue weighted by Crippen LogP contribution is -2.37. The van der Waals surface area contributed by atoms with E-state index in [-0.39, 0.29) is 11.2 Å². The minimum absolute atomic E-state index is 0.0990. The molecule has 1 heterocycles. The van der Waals surface area contributed by atoms with E-state index in [0.717, 1.165) is 18.4 Å². The molecule has 4 nitrogen and oxygen atoms in total. The van der Waals surface area contributed by atoms with Gasteiger partial charge in [0.1, 0.15) is 13.2 Å². The van der Waals surface area contributed by atoms with Crippen molar-refractivity contribution >= 4 is 0 Å². The molecule has 1 fully saturated rings. The summed E-state index contributed by atoms with van der Waals surface area (Å²) in [6, 6.07) is 3.86. The summed E-state index contributed by atoms with van der Waals surface area (Å²) in [5, 5.41) is 10.5. The zero-order chi connectivity index (χ0) is 13.3. The van der Waals surface area contributed by atoms with Crippen LogP contribution in [0.15, 0.2) is 12.1 Å². The van der Waals surface area contributed by atoms with Crippen LogP contribution in [0.25, 0.3) is 0 Å². The Morgan fingerprint density at radius 2 is 1.84 bits per heavy atom. The summed E-state index contributed by atoms with van der Waals surface area (Å²) in [4.78, 5) is 0. The lowest BCUT2D eigenvalue weighted by Gasteiger charge is -2.37. The van der Waals surface area contributed by atoms with Crippen molar-refractivity contribution in [1.29, 1.82) is 0 Å². The monoisotopic (exact) mass is 263 g/mol. The van der Waals surface area contributed by atoms with Gasteiger partial charge in [-0.15, -0.1) is 0 Å². The molecule has 0 bridgehead atoms. The molecule has 3 N–H and O–H groups in total. The van der Waals surface area contributed by atoms with Gasteiger partial charge in [-0.2, -0.15) is 0 Å². The summed E-state index contributed by atoms with van der Waals surface area (Å²) < 4.78 is 11.1. The van der Waals surface area contributed by atoms with Crippen LogP contribution in [0.2, 0.25) is 0 Å². The molecule has 104 valence electrons. The predicted molar refractivity (Wildman–Crippen MR) is 72.9 cm³/mol. The first-order valence-corrected chi connectivity index (χ1v) is 7.09. The summed E-state index contributed by atoms with van der Waals surface area (Å²) in [6.45, 7) is 1.59. The van der Waals surface area contributed by atoms with Gasteiger partial charge in [-0.3, -0.25) is 0 Å². The molecule has 0 unspecified atom stereocenters. The number of benzene rings is 1. The number of aromatic hydroxyl groups is 1. The Morgan fingerprint density at radius 3 is 2.58 bits per heavy atom. The van der Waals surface area contributed by atoms with Crippen molar-refractivity contribution < 1.29 is 14.6 Å². The van der Waals surface area contributed by atoms with Crippen LogP contribution in [-0.2, 0) is 5.41 Å². The molecule has 1 aliphatic carbocycles. The Morgan fingerprint density at radius 1 is 1.11 bits per heavy atom. The van der Waals surface area contributed by atoms with Crippen LogP contribution in [-0.4, -0.2) is 24.9 Å². The highest BCUT2D eigenvalue weighted by Crippen LogP contribution is 2.49. The van der Waals surface area contributed by atoms with Crippen molar-refractivity contribution in [2.75, 3.05) is 19.8 Å². The van der Waals surface area contributed by atoms with Crippen LogP contribution in [0.4, 0.5) is 0 Å². The van der Waals surface area contributed by atoms with E-state index in [1.165, 1.54) is 19.3 Å². The quantitative estimate of drug-likeness (QED) is 0.859. The number of hydrogen-bond acceptors (Lipinski definition) is 4. The van der Waals surface area contributed by atoms with Crippen LogP contribution >= 0.6 is 0 Å². The number of fused-ring (bicyclic) bond motifs is 1. The highest BCUT2D eigenvalue weighted by molar-refractivity contribution is 5.57. The number of ether oxygens (including phenoxy) is 2. The molecule has 19 heavy (non-hydrogen) atoms. The van der Waals surface area contributed by atoms with E-state index in [9.17, 15) is 5.11 Å². The summed E-state index contributed by atoms with van der Waals surface area (Å²) in [5.74, 6) is 1.35. The Balaban J connectivity index is 2.04. The minimum Gasteiger partial charge on any atom is -0.504 e. The third-order valence-corrected chi connectivity index (χ3v) is 4.46. The van der Waals surface area contributed by atoms with Crippen LogP contribution in [0.3, 0.4) is 0 Å². The summed E-state index contributed by atoms with van der Waals surface area (Å²) >= 11 is 0. The molecular formula is C15H21NO3. The number of rotatable bonds is 2. The van der Waals surface area contributed by atoms with E-state index in [2.05, 4.69) is 0 Å². The van der Waals surface area contributed by atoms with E-state index in [4.69, 9.17) is 15.2 Å². The maximum atomic E-state index is 10.5. The fourth-order valence-corrected chi connectivity index (χ4v) is 3.34. The van der Waals surface area contributed by atoms with Crippen molar-refractivity contribution in [3.63, 3.8) is 0 Å². The van der Waals surface area contributed by atoms with Gasteiger partial charge in [-0.1, -0.05) is 25.3 Å². The Bertz CT molecular complexity index is 467. The molecule has 0 radical (unpaired) electrons. The van der Waals surface area contributed by atoms with E-state index in [0.29, 0.717) is 31.3 Å². The average molecular weight is 263 g/mol. The van der Waals surface area contributed by atoms with E-state index >= 15 is 0 Å². The lowest BCUT2D eigenvalue weighted by molar-refractivity contribution is 0.164. The van der Waals surface area contributed by atoms with Gasteiger partial charge >= 0.3 is 0 Å². The second kappa shape index (κ2) is 4.93. The Kier molecular flexibility index (Phi) is 3.27. The number of hydrogen-bond donors (Lipinski definition) is 2. The van der Waals surface area contributed by atoms with Gasteiger partial charge in [0.2, 0.25) is 5.75 Å². The summed E-state index contributed by atoms with van der Waals surface area (Å²) in [6.07, 6.45) is 5.68. The Hall–Kier alpha value is -1.42. The number of nitrogens with two attached hydrogens (primary N) is 1. The van der Waals surface area contributed by atoms with Crippen molar-refractivity contribution in [3.05, 3.63) is 17.7 Å². The van der Waals surface area contributed by atoms with E-state index in [1.54, 1.807) is 0 Å². The molecule has 0 atom stereocenters. The zero-order valence-electron chi connectivity index (χ0n) is 11.2. The SMILES string of the molecule is NCC1(c2ccc3c(c2O)OCCO3)CCCCC1. The molecular weight excluding hydrogens is 242 g/mol. The molecule has 1 aromatic rings. The molecule has 1 aromatic carbocycles. The van der Waals surface area contributed by atoms with E-state index < -0.39 is 0 Å². The van der Waals surface area contributed by atoms with Crippen LogP contribution in [0, 0.1) is 0 Å². The maximum absolute atomic E-state index is 10.5. The first-order chi connectivity index (χ1) is 9.27. The van der Waals surface area contributed by atoms with Crippen molar-refractivity contribution in [1.82, 2.24) is 0 Å². The second-order valence-electron chi connectivity index (χ2n) is 5.53. The normalized spacial score (nSPS) is 21.1. The van der Waals surface area contributed by atoms with Crippen LogP contribution in [0.1, 0.15) is 37.7 Å². The third-order valence-electron chi connectivity index (χ3n) is 4.46. The van der Waals surface area contributed by atoms with Crippen LogP contribution in [0.5, 0.6) is 17.2 Å². The lowest BCUT2D eigenvalue weighted by atomic mass is 9.69. The molecule has 1 aliphatic heterocycles. The molecule has 1 saturated carbocycles. The summed E-state index contributed by atoms with van der Waals surface area (Å²) in [7, 11) is 0. The largest absolute Gasteiger partial charge is 0.504 e. The third kappa shape index (κ3) is 2.04. The standard InChI is InChI=1S/C15H21NO3/c16-10-15(6-2-1-3-7-15)11-4-5-12-14(13(11)17)19-9-8-18-12/h4-5,17H,1-3,6-10,16H2. The van der Waals surface area contributed by atoms with Crippen LogP contribution < -0.4 is 15.2 Å². The topological polar surface area (TPSA) is 64.7 Å². The van der Waals surface area contributed by atoms with Gasteiger partial charge in [-0.25, -0.2) is 0 Å². The van der Waals surface area contributed by atoms with Gasteiger partial charge in [0.15, 0.2) is 11.5 Å². The molecule has 4 heteroatoms. The average Bonchev–Trinajstić information content (AvgIpc) is 2.48. The molecule has 0 saturated heterocycles. The van der Waals surface area contributed by atoms with Gasteiger partial charge in [0, 0.05) is 17.5 Å². The van der Waals surface area contributed by atoms with Gasteiger partial charge < -0.3 is 20.3 Å². The smallest absolute Gasteiger partial charge is 0.203 e.